The molecule has 0 radical (unpaired) electrons. The van der Waals surface area contributed by atoms with Crippen molar-refractivity contribution in [1.82, 2.24) is 30.0 Å². The van der Waals surface area contributed by atoms with Crippen molar-refractivity contribution in [3.8, 4) is 23.1 Å². The maximum Gasteiger partial charge on any atom is 0.229 e. The number of aryl methyl sites for hydroxylation is 1. The second kappa shape index (κ2) is 8.75. The molecule has 0 aromatic carbocycles. The molecule has 30 heavy (non-hydrogen) atoms. The van der Waals surface area contributed by atoms with Crippen molar-refractivity contribution < 1.29 is 4.74 Å². The van der Waals surface area contributed by atoms with Crippen LogP contribution < -0.4 is 20.7 Å². The average Bonchev–Trinajstić information content (AvgIpc) is 3.20. The van der Waals surface area contributed by atoms with Crippen molar-refractivity contribution in [1.29, 1.82) is 5.26 Å². The van der Waals surface area contributed by atoms with E-state index in [1.165, 1.54) is 0 Å². The zero-order chi connectivity index (χ0) is 20.9. The lowest BCUT2D eigenvalue weighted by molar-refractivity contribution is 0.166. The number of nitrogens with zero attached hydrogens (tertiary/aromatic N) is 6. The quantitative estimate of drug-likeness (QED) is 0.565. The van der Waals surface area contributed by atoms with E-state index in [9.17, 15) is 5.26 Å². The zero-order valence-electron chi connectivity index (χ0n) is 16.9. The van der Waals surface area contributed by atoms with Gasteiger partial charge >= 0.3 is 0 Å². The molecule has 0 saturated carbocycles. The van der Waals surface area contributed by atoms with E-state index >= 15 is 0 Å². The predicted molar refractivity (Wildman–Crippen MR) is 113 cm³/mol. The minimum Gasteiger partial charge on any atom is -0.486 e. The van der Waals surface area contributed by atoms with Crippen LogP contribution in [0.3, 0.4) is 0 Å². The highest BCUT2D eigenvalue weighted by Gasteiger charge is 2.18. The van der Waals surface area contributed by atoms with E-state index < -0.39 is 0 Å². The van der Waals surface area contributed by atoms with Crippen molar-refractivity contribution in [3.63, 3.8) is 0 Å². The number of hydrogen-bond donors (Lipinski definition) is 3. The average molecular weight is 405 g/mol. The number of nitriles is 1. The number of ether oxygens (including phenoxy) is 1. The van der Waals surface area contributed by atoms with Crippen LogP contribution in [0.4, 0.5) is 17.5 Å². The summed E-state index contributed by atoms with van der Waals surface area (Å²) in [5.41, 5.74) is 2.65. The standard InChI is InChI=1S/C20H23N9O/c1-22-19-15(17-5-7-26-29(17)2)12-25-20(28-19)27-13-8-18(16(9-21)24-10-13)30-14-4-3-6-23-11-14/h5,7-8,10,12,14,23H,3-4,6,11H2,1-2H3,(H2,22,25,27,28). The fourth-order valence-corrected chi connectivity index (χ4v) is 3.37. The lowest BCUT2D eigenvalue weighted by Gasteiger charge is -2.24. The van der Waals surface area contributed by atoms with Gasteiger partial charge in [0.25, 0.3) is 0 Å². The van der Waals surface area contributed by atoms with Gasteiger partial charge in [0.15, 0.2) is 11.4 Å². The smallest absolute Gasteiger partial charge is 0.229 e. The van der Waals surface area contributed by atoms with Gasteiger partial charge in [-0.3, -0.25) is 4.68 Å². The van der Waals surface area contributed by atoms with Crippen LogP contribution in [0.25, 0.3) is 11.3 Å². The molecule has 0 spiro atoms. The molecule has 10 heteroatoms. The molecule has 1 saturated heterocycles. The Balaban J connectivity index is 1.57. The van der Waals surface area contributed by atoms with E-state index in [0.717, 1.165) is 37.2 Å². The van der Waals surface area contributed by atoms with Gasteiger partial charge in [0.05, 0.1) is 23.1 Å². The molecule has 3 aromatic rings. The Hall–Kier alpha value is -3.71. The molecule has 0 amide bonds. The molecule has 1 aliphatic heterocycles. The lowest BCUT2D eigenvalue weighted by Crippen LogP contribution is -2.37. The summed E-state index contributed by atoms with van der Waals surface area (Å²) in [6.07, 6.45) is 7.05. The molecular formula is C20H23N9O. The van der Waals surface area contributed by atoms with E-state index in [2.05, 4.69) is 42.1 Å². The van der Waals surface area contributed by atoms with E-state index in [1.54, 1.807) is 36.4 Å². The number of aromatic nitrogens is 5. The van der Waals surface area contributed by atoms with Gasteiger partial charge in [-0.15, -0.1) is 0 Å². The Morgan fingerprint density at radius 2 is 2.23 bits per heavy atom. The van der Waals surface area contributed by atoms with Crippen LogP contribution >= 0.6 is 0 Å². The van der Waals surface area contributed by atoms with Gasteiger partial charge in [-0.1, -0.05) is 0 Å². The summed E-state index contributed by atoms with van der Waals surface area (Å²) in [5, 5.41) is 23.1. The van der Waals surface area contributed by atoms with Gasteiger partial charge in [0, 0.05) is 39.1 Å². The van der Waals surface area contributed by atoms with Crippen LogP contribution in [0.2, 0.25) is 0 Å². The largest absolute Gasteiger partial charge is 0.486 e. The first kappa shape index (κ1) is 19.6. The van der Waals surface area contributed by atoms with Crippen LogP contribution in [0.5, 0.6) is 5.75 Å². The van der Waals surface area contributed by atoms with Crippen LogP contribution in [0.15, 0.2) is 30.7 Å². The van der Waals surface area contributed by atoms with E-state index in [-0.39, 0.29) is 11.8 Å². The highest BCUT2D eigenvalue weighted by molar-refractivity contribution is 5.73. The van der Waals surface area contributed by atoms with Gasteiger partial charge in [-0.05, 0) is 25.5 Å². The third-order valence-electron chi connectivity index (χ3n) is 4.88. The molecule has 3 aromatic heterocycles. The molecule has 154 valence electrons. The Kier molecular flexibility index (Phi) is 5.72. The van der Waals surface area contributed by atoms with Gasteiger partial charge in [0.2, 0.25) is 5.95 Å². The van der Waals surface area contributed by atoms with Gasteiger partial charge < -0.3 is 20.7 Å². The number of pyridine rings is 1. The van der Waals surface area contributed by atoms with E-state index in [0.29, 0.717) is 23.2 Å². The molecule has 3 N–H and O–H groups in total. The highest BCUT2D eigenvalue weighted by atomic mass is 16.5. The molecule has 1 aliphatic rings. The molecule has 0 aliphatic carbocycles. The van der Waals surface area contributed by atoms with Gasteiger partial charge in [-0.2, -0.15) is 15.3 Å². The van der Waals surface area contributed by atoms with Crippen LogP contribution in [-0.2, 0) is 7.05 Å². The van der Waals surface area contributed by atoms with Crippen LogP contribution in [0, 0.1) is 11.3 Å². The van der Waals surface area contributed by atoms with Crippen LogP contribution in [-0.4, -0.2) is 51.0 Å². The molecule has 4 heterocycles. The minimum atomic E-state index is 0.0215. The summed E-state index contributed by atoms with van der Waals surface area (Å²) < 4.78 is 7.80. The molecule has 1 atom stereocenters. The maximum absolute atomic E-state index is 9.37. The summed E-state index contributed by atoms with van der Waals surface area (Å²) >= 11 is 0. The monoisotopic (exact) mass is 405 g/mol. The summed E-state index contributed by atoms with van der Waals surface area (Å²) in [4.78, 5) is 13.2. The maximum atomic E-state index is 9.37. The fraction of sp³-hybridized carbons (Fsp3) is 0.350. The normalized spacial score (nSPS) is 16.0. The lowest BCUT2D eigenvalue weighted by atomic mass is 10.1. The van der Waals surface area contributed by atoms with E-state index in [1.807, 2.05) is 13.1 Å². The Labute approximate surface area is 174 Å². The SMILES string of the molecule is CNc1nc(Nc2cnc(C#N)c(OC3CCCNC3)c2)ncc1-c1ccnn1C. The second-order valence-corrected chi connectivity index (χ2v) is 6.94. The number of nitrogens with one attached hydrogen (secondary N) is 3. The minimum absolute atomic E-state index is 0.0215. The van der Waals surface area contributed by atoms with Gasteiger partial charge in [-0.25, -0.2) is 9.97 Å². The highest BCUT2D eigenvalue weighted by Crippen LogP contribution is 2.28. The van der Waals surface area contributed by atoms with Gasteiger partial charge in [0.1, 0.15) is 18.0 Å². The zero-order valence-corrected chi connectivity index (χ0v) is 16.9. The summed E-state index contributed by atoms with van der Waals surface area (Å²) in [6, 6.07) is 5.75. The summed E-state index contributed by atoms with van der Waals surface area (Å²) in [6.45, 7) is 1.75. The molecule has 1 unspecified atom stereocenters. The Morgan fingerprint density at radius 3 is 2.93 bits per heavy atom. The van der Waals surface area contributed by atoms with Crippen LogP contribution in [0.1, 0.15) is 18.5 Å². The fourth-order valence-electron chi connectivity index (χ4n) is 3.37. The van der Waals surface area contributed by atoms with Crippen molar-refractivity contribution >= 4 is 17.5 Å². The molecule has 1 fully saturated rings. The first-order chi connectivity index (χ1) is 14.7. The molecular weight excluding hydrogens is 382 g/mol. The summed E-state index contributed by atoms with van der Waals surface area (Å²) in [5.74, 6) is 1.53. The topological polar surface area (TPSA) is 126 Å². The van der Waals surface area contributed by atoms with Crippen molar-refractivity contribution in [3.05, 3.63) is 36.4 Å². The predicted octanol–water partition coefficient (Wildman–Crippen LogP) is 2.06. The molecule has 4 rings (SSSR count). The number of hydrogen-bond acceptors (Lipinski definition) is 9. The van der Waals surface area contributed by atoms with Crippen molar-refractivity contribution in [2.24, 2.45) is 7.05 Å². The number of rotatable bonds is 6. The van der Waals surface area contributed by atoms with Crippen molar-refractivity contribution in [2.45, 2.75) is 18.9 Å². The summed E-state index contributed by atoms with van der Waals surface area (Å²) in [7, 11) is 3.67. The number of piperidine rings is 1. The number of anilines is 3. The Morgan fingerprint density at radius 1 is 1.33 bits per heavy atom. The third-order valence-corrected chi connectivity index (χ3v) is 4.88. The third kappa shape index (κ3) is 4.16. The second-order valence-electron chi connectivity index (χ2n) is 6.94. The molecule has 10 nitrogen and oxygen atoms in total. The van der Waals surface area contributed by atoms with Crippen molar-refractivity contribution in [2.75, 3.05) is 30.8 Å². The first-order valence-electron chi connectivity index (χ1n) is 9.75. The van der Waals surface area contributed by atoms with E-state index in [4.69, 9.17) is 4.74 Å². The molecule has 0 bridgehead atoms. The first-order valence-corrected chi connectivity index (χ1v) is 9.75. The Bertz CT molecular complexity index is 1070.